The van der Waals surface area contributed by atoms with E-state index in [-0.39, 0.29) is 0 Å². The highest BCUT2D eigenvalue weighted by atomic mass is 32.1. The summed E-state index contributed by atoms with van der Waals surface area (Å²) in [5.41, 5.74) is 2.53. The number of aromatic nitrogens is 1. The second-order valence-electron chi connectivity index (χ2n) is 2.98. The van der Waals surface area contributed by atoms with Gasteiger partial charge in [0, 0.05) is 10.9 Å². The highest BCUT2D eigenvalue weighted by molar-refractivity contribution is 7.04. The molecule has 0 N–H and O–H groups in total. The largest absolute Gasteiger partial charge is 0.480 e. The summed E-state index contributed by atoms with van der Waals surface area (Å²) in [6, 6.07) is 7.36. The third-order valence-electron chi connectivity index (χ3n) is 2.06. The van der Waals surface area contributed by atoms with Crippen LogP contribution >= 0.6 is 11.5 Å². The minimum atomic E-state index is 0.600. The molecule has 2 rings (SSSR count). The van der Waals surface area contributed by atoms with Crippen molar-refractivity contribution in [2.75, 3.05) is 7.11 Å². The molecule has 3 nitrogen and oxygen atoms in total. The molecule has 0 saturated carbocycles. The van der Waals surface area contributed by atoms with Gasteiger partial charge in [-0.05, 0) is 23.2 Å². The molecular formula is C11H9NO2S. The van der Waals surface area contributed by atoms with Crippen LogP contribution in [0.25, 0.3) is 11.1 Å². The van der Waals surface area contributed by atoms with Crippen molar-refractivity contribution < 1.29 is 9.53 Å². The first-order valence-corrected chi connectivity index (χ1v) is 5.23. The number of aldehydes is 1. The van der Waals surface area contributed by atoms with Crippen LogP contribution in [0.1, 0.15) is 10.4 Å². The van der Waals surface area contributed by atoms with Crippen LogP contribution in [0, 0.1) is 0 Å². The Kier molecular flexibility index (Phi) is 2.78. The van der Waals surface area contributed by atoms with Crippen molar-refractivity contribution in [2.45, 2.75) is 0 Å². The molecule has 15 heavy (non-hydrogen) atoms. The molecule has 76 valence electrons. The Morgan fingerprint density at radius 3 is 3.07 bits per heavy atom. The van der Waals surface area contributed by atoms with Gasteiger partial charge in [0.15, 0.2) is 0 Å². The van der Waals surface area contributed by atoms with E-state index in [0.717, 1.165) is 17.4 Å². The molecule has 0 atom stereocenters. The predicted molar refractivity (Wildman–Crippen MR) is 59.5 cm³/mol. The fourth-order valence-corrected chi connectivity index (χ4v) is 2.01. The number of nitrogens with zero attached hydrogens (tertiary/aromatic N) is 1. The number of carbonyl (C=O) groups is 1. The number of hydrogen-bond acceptors (Lipinski definition) is 4. The van der Waals surface area contributed by atoms with Crippen molar-refractivity contribution in [1.29, 1.82) is 0 Å². The smallest absolute Gasteiger partial charge is 0.232 e. The van der Waals surface area contributed by atoms with E-state index in [0.29, 0.717) is 11.4 Å². The second-order valence-corrected chi connectivity index (χ2v) is 3.61. The van der Waals surface area contributed by atoms with Crippen LogP contribution < -0.4 is 4.74 Å². The van der Waals surface area contributed by atoms with Gasteiger partial charge >= 0.3 is 0 Å². The van der Waals surface area contributed by atoms with Crippen LogP contribution in [0.3, 0.4) is 0 Å². The molecule has 4 heteroatoms. The number of rotatable bonds is 3. The summed E-state index contributed by atoms with van der Waals surface area (Å²) >= 11 is 1.34. The van der Waals surface area contributed by atoms with Gasteiger partial charge in [0.05, 0.1) is 12.7 Å². The van der Waals surface area contributed by atoms with Gasteiger partial charge in [0.1, 0.15) is 6.29 Å². The van der Waals surface area contributed by atoms with Crippen LogP contribution in [0.15, 0.2) is 29.6 Å². The number of benzene rings is 1. The Labute approximate surface area is 91.5 Å². The van der Waals surface area contributed by atoms with Gasteiger partial charge in [0.2, 0.25) is 5.88 Å². The Morgan fingerprint density at radius 2 is 2.33 bits per heavy atom. The fraction of sp³-hybridized carbons (Fsp3) is 0.0909. The maximum absolute atomic E-state index is 10.6. The van der Waals surface area contributed by atoms with Crippen molar-refractivity contribution in [3.05, 3.63) is 35.2 Å². The summed E-state index contributed by atoms with van der Waals surface area (Å²) in [5.74, 6) is 0.600. The molecule has 1 heterocycles. The molecule has 0 aliphatic rings. The van der Waals surface area contributed by atoms with Gasteiger partial charge in [-0.1, -0.05) is 18.2 Å². The van der Waals surface area contributed by atoms with Gasteiger partial charge in [-0.3, -0.25) is 4.79 Å². The molecule has 1 aromatic carbocycles. The molecule has 2 aromatic rings. The van der Waals surface area contributed by atoms with Crippen LogP contribution in [0.5, 0.6) is 5.88 Å². The zero-order chi connectivity index (χ0) is 10.7. The van der Waals surface area contributed by atoms with Crippen LogP contribution in [0.2, 0.25) is 0 Å². The van der Waals surface area contributed by atoms with E-state index in [1.165, 1.54) is 11.5 Å². The maximum atomic E-state index is 10.6. The van der Waals surface area contributed by atoms with Gasteiger partial charge in [-0.2, -0.15) is 4.37 Å². The third kappa shape index (κ3) is 1.89. The lowest BCUT2D eigenvalue weighted by molar-refractivity contribution is 0.112. The van der Waals surface area contributed by atoms with E-state index in [1.54, 1.807) is 13.2 Å². The standard InChI is InChI=1S/C11H9NO2S/c1-14-11-10(7-15-12-11)9-4-2-3-8(5-9)6-13/h2-7H,1H3. The first-order valence-electron chi connectivity index (χ1n) is 4.39. The molecule has 0 fully saturated rings. The molecule has 0 radical (unpaired) electrons. The van der Waals surface area contributed by atoms with Crippen molar-refractivity contribution in [1.82, 2.24) is 4.37 Å². The van der Waals surface area contributed by atoms with Gasteiger partial charge in [-0.25, -0.2) is 0 Å². The maximum Gasteiger partial charge on any atom is 0.232 e. The van der Waals surface area contributed by atoms with Crippen LogP contribution in [-0.4, -0.2) is 17.8 Å². The number of methoxy groups -OCH3 is 1. The average Bonchev–Trinajstić information content (AvgIpc) is 2.77. The van der Waals surface area contributed by atoms with Crippen LogP contribution in [0.4, 0.5) is 0 Å². The lowest BCUT2D eigenvalue weighted by Gasteiger charge is -2.01. The molecule has 0 spiro atoms. The normalized spacial score (nSPS) is 9.93. The number of hydrogen-bond donors (Lipinski definition) is 0. The monoisotopic (exact) mass is 219 g/mol. The molecule has 0 aliphatic carbocycles. The minimum Gasteiger partial charge on any atom is -0.480 e. The summed E-state index contributed by atoms with van der Waals surface area (Å²) in [6.45, 7) is 0. The molecule has 0 saturated heterocycles. The SMILES string of the molecule is COc1nscc1-c1cccc(C=O)c1. The summed E-state index contributed by atoms with van der Waals surface area (Å²) in [4.78, 5) is 10.6. The zero-order valence-corrected chi connectivity index (χ0v) is 8.95. The predicted octanol–water partition coefficient (Wildman–Crippen LogP) is 2.63. The molecular weight excluding hydrogens is 210 g/mol. The zero-order valence-electron chi connectivity index (χ0n) is 8.14. The highest BCUT2D eigenvalue weighted by Crippen LogP contribution is 2.30. The van der Waals surface area contributed by atoms with Gasteiger partial charge < -0.3 is 4.74 Å². The topological polar surface area (TPSA) is 39.2 Å². The van der Waals surface area contributed by atoms with E-state index in [2.05, 4.69) is 4.37 Å². The van der Waals surface area contributed by atoms with E-state index < -0.39 is 0 Å². The minimum absolute atomic E-state index is 0.600. The first kappa shape index (κ1) is 9.86. The lowest BCUT2D eigenvalue weighted by Crippen LogP contribution is -1.86. The van der Waals surface area contributed by atoms with Gasteiger partial charge in [-0.15, -0.1) is 0 Å². The Bertz CT molecular complexity index is 479. The first-order chi connectivity index (χ1) is 7.35. The molecule has 0 amide bonds. The van der Waals surface area contributed by atoms with E-state index in [4.69, 9.17) is 4.74 Å². The summed E-state index contributed by atoms with van der Waals surface area (Å²) in [7, 11) is 1.59. The summed E-state index contributed by atoms with van der Waals surface area (Å²) < 4.78 is 9.22. The van der Waals surface area contributed by atoms with E-state index in [1.807, 2.05) is 23.6 Å². The Balaban J connectivity index is 2.48. The number of carbonyl (C=O) groups excluding carboxylic acids is 1. The van der Waals surface area contributed by atoms with Crippen LogP contribution in [-0.2, 0) is 0 Å². The second kappa shape index (κ2) is 4.23. The Hall–Kier alpha value is -1.68. The molecule has 0 bridgehead atoms. The molecule has 0 aliphatic heterocycles. The van der Waals surface area contributed by atoms with Crippen molar-refractivity contribution in [3.63, 3.8) is 0 Å². The van der Waals surface area contributed by atoms with Gasteiger partial charge in [0.25, 0.3) is 0 Å². The average molecular weight is 219 g/mol. The Morgan fingerprint density at radius 1 is 1.47 bits per heavy atom. The van der Waals surface area contributed by atoms with Crippen molar-refractivity contribution in [2.24, 2.45) is 0 Å². The molecule has 0 unspecified atom stereocenters. The third-order valence-corrected chi connectivity index (χ3v) is 2.68. The summed E-state index contributed by atoms with van der Waals surface area (Å²) in [5, 5.41) is 1.91. The van der Waals surface area contributed by atoms with E-state index >= 15 is 0 Å². The lowest BCUT2D eigenvalue weighted by atomic mass is 10.1. The number of ether oxygens (including phenoxy) is 1. The summed E-state index contributed by atoms with van der Waals surface area (Å²) in [6.07, 6.45) is 0.829. The van der Waals surface area contributed by atoms with Crippen molar-refractivity contribution in [3.8, 4) is 17.0 Å². The highest BCUT2D eigenvalue weighted by Gasteiger charge is 2.08. The van der Waals surface area contributed by atoms with E-state index in [9.17, 15) is 4.79 Å². The fourth-order valence-electron chi connectivity index (χ4n) is 1.34. The quantitative estimate of drug-likeness (QED) is 0.745. The van der Waals surface area contributed by atoms with Crippen molar-refractivity contribution >= 4 is 17.8 Å². The molecule has 1 aromatic heterocycles.